The summed E-state index contributed by atoms with van der Waals surface area (Å²) in [6.07, 6.45) is 3.06. The third-order valence-corrected chi connectivity index (χ3v) is 6.63. The topological polar surface area (TPSA) is 109 Å². The molecule has 2 amide bonds. The second-order valence-corrected chi connectivity index (χ2v) is 10.7. The van der Waals surface area contributed by atoms with Crippen LogP contribution >= 0.6 is 22.9 Å². The molecule has 35 heavy (non-hydrogen) atoms. The van der Waals surface area contributed by atoms with E-state index in [9.17, 15) is 9.59 Å². The smallest absolute Gasteiger partial charge is 0.407 e. The third-order valence-electron chi connectivity index (χ3n) is 5.15. The van der Waals surface area contributed by atoms with Crippen LogP contribution in [0.4, 0.5) is 16.6 Å². The van der Waals surface area contributed by atoms with Crippen molar-refractivity contribution in [1.29, 1.82) is 0 Å². The van der Waals surface area contributed by atoms with Gasteiger partial charge in [-0.1, -0.05) is 23.7 Å². The monoisotopic (exact) mass is 514 g/mol. The molecule has 0 unspecified atom stereocenters. The van der Waals surface area contributed by atoms with Crippen LogP contribution < -0.4 is 15.5 Å². The van der Waals surface area contributed by atoms with Crippen LogP contribution in [0.1, 0.15) is 45.0 Å². The minimum atomic E-state index is -0.607. The van der Waals surface area contributed by atoms with Crippen molar-refractivity contribution in [2.75, 3.05) is 16.8 Å². The summed E-state index contributed by atoms with van der Waals surface area (Å²) in [4.78, 5) is 40.6. The highest BCUT2D eigenvalue weighted by Crippen LogP contribution is 2.31. The number of carbonyl (C=O) groups is 2. The van der Waals surface area contributed by atoms with E-state index in [0.29, 0.717) is 23.3 Å². The number of aromatic nitrogens is 3. The van der Waals surface area contributed by atoms with Crippen LogP contribution in [0.3, 0.4) is 0 Å². The molecule has 1 aliphatic heterocycles. The highest BCUT2D eigenvalue weighted by Gasteiger charge is 2.33. The Morgan fingerprint density at radius 1 is 1.23 bits per heavy atom. The van der Waals surface area contributed by atoms with Gasteiger partial charge in [0.2, 0.25) is 11.9 Å². The Morgan fingerprint density at radius 2 is 1.97 bits per heavy atom. The second-order valence-electron chi connectivity index (χ2n) is 9.23. The lowest BCUT2D eigenvalue weighted by Gasteiger charge is -2.22. The van der Waals surface area contributed by atoms with Crippen LogP contribution in [0.5, 0.6) is 0 Å². The van der Waals surface area contributed by atoms with Crippen molar-refractivity contribution in [2.24, 2.45) is 0 Å². The first-order chi connectivity index (χ1) is 16.6. The van der Waals surface area contributed by atoms with Crippen molar-refractivity contribution in [1.82, 2.24) is 20.3 Å². The number of benzene rings is 1. The standard InChI is InChI=1S/C24H27ClN6O3S/c1-14(18-12-27-21(35-18)15-5-7-16(25)8-6-15)28-22-26-10-9-19(30-22)31-13-17(11-20(31)32)29-23(33)34-24(2,3)4/h5-10,12,14,17H,11,13H2,1-4H3,(H,29,33)(H,26,28,30)/t14-,17+/m0/s1. The van der Waals surface area contributed by atoms with E-state index in [2.05, 4.69) is 25.6 Å². The van der Waals surface area contributed by atoms with Crippen LogP contribution in [0.2, 0.25) is 5.02 Å². The maximum atomic E-state index is 12.6. The molecular weight excluding hydrogens is 488 g/mol. The van der Waals surface area contributed by atoms with Crippen molar-refractivity contribution >= 4 is 46.7 Å². The molecular formula is C24H27ClN6O3S. The molecule has 1 aromatic carbocycles. The Kier molecular flexibility index (Phi) is 7.23. The molecule has 0 saturated carbocycles. The summed E-state index contributed by atoms with van der Waals surface area (Å²) in [5, 5.41) is 7.61. The number of alkyl carbamates (subject to hydrolysis) is 1. The first-order valence-corrected chi connectivity index (χ1v) is 12.4. The zero-order chi connectivity index (χ0) is 25.2. The molecule has 4 rings (SSSR count). The molecule has 0 spiro atoms. The van der Waals surface area contributed by atoms with Gasteiger partial charge in [-0.05, 0) is 45.9 Å². The first kappa shape index (κ1) is 24.9. The molecule has 1 fully saturated rings. The Labute approximate surface area is 212 Å². The lowest BCUT2D eigenvalue weighted by atomic mass is 10.2. The molecule has 3 heterocycles. The molecule has 2 atom stereocenters. The molecule has 184 valence electrons. The van der Waals surface area contributed by atoms with Crippen LogP contribution in [0.25, 0.3) is 10.6 Å². The van der Waals surface area contributed by atoms with E-state index in [0.717, 1.165) is 15.4 Å². The summed E-state index contributed by atoms with van der Waals surface area (Å²) < 4.78 is 5.29. The van der Waals surface area contributed by atoms with E-state index in [-0.39, 0.29) is 24.4 Å². The molecule has 3 aromatic rings. The molecule has 1 saturated heterocycles. The number of hydrogen-bond acceptors (Lipinski definition) is 8. The molecule has 0 radical (unpaired) electrons. The number of ether oxygens (including phenoxy) is 1. The van der Waals surface area contributed by atoms with Gasteiger partial charge in [0.1, 0.15) is 16.4 Å². The van der Waals surface area contributed by atoms with E-state index in [1.165, 1.54) is 0 Å². The Hall–Kier alpha value is -3.24. The van der Waals surface area contributed by atoms with Gasteiger partial charge >= 0.3 is 6.09 Å². The lowest BCUT2D eigenvalue weighted by molar-refractivity contribution is -0.117. The number of anilines is 2. The van der Waals surface area contributed by atoms with Crippen LogP contribution in [0, 0.1) is 0 Å². The number of nitrogens with zero attached hydrogens (tertiary/aromatic N) is 4. The van der Waals surface area contributed by atoms with Crippen LogP contribution in [-0.4, -0.2) is 45.1 Å². The molecule has 2 N–H and O–H groups in total. The van der Waals surface area contributed by atoms with Gasteiger partial charge in [0.05, 0.1) is 12.1 Å². The molecule has 11 heteroatoms. The van der Waals surface area contributed by atoms with Gasteiger partial charge in [0, 0.05) is 40.8 Å². The number of amides is 2. The fraction of sp³-hybridized carbons (Fsp3) is 0.375. The molecule has 0 bridgehead atoms. The van der Waals surface area contributed by atoms with Gasteiger partial charge < -0.3 is 15.4 Å². The first-order valence-electron chi connectivity index (χ1n) is 11.2. The quantitative estimate of drug-likeness (QED) is 0.473. The average molecular weight is 515 g/mol. The van der Waals surface area contributed by atoms with E-state index in [1.54, 1.807) is 49.3 Å². The van der Waals surface area contributed by atoms with Gasteiger partial charge in [-0.3, -0.25) is 9.69 Å². The second kappa shape index (κ2) is 10.2. The maximum absolute atomic E-state index is 12.6. The number of rotatable bonds is 6. The number of carbonyl (C=O) groups excluding carboxylic acids is 2. The van der Waals surface area contributed by atoms with Crippen LogP contribution in [-0.2, 0) is 9.53 Å². The Morgan fingerprint density at radius 3 is 2.69 bits per heavy atom. The minimum Gasteiger partial charge on any atom is -0.444 e. The van der Waals surface area contributed by atoms with Crippen molar-refractivity contribution in [3.63, 3.8) is 0 Å². The van der Waals surface area contributed by atoms with Gasteiger partial charge in [-0.15, -0.1) is 11.3 Å². The molecule has 0 aliphatic carbocycles. The van der Waals surface area contributed by atoms with Gasteiger partial charge in [-0.2, -0.15) is 4.98 Å². The maximum Gasteiger partial charge on any atom is 0.407 e. The van der Waals surface area contributed by atoms with Gasteiger partial charge in [-0.25, -0.2) is 14.8 Å². The number of thiazole rings is 1. The Bertz CT molecular complexity index is 1210. The molecule has 2 aromatic heterocycles. The average Bonchev–Trinajstić information content (AvgIpc) is 3.40. The SMILES string of the molecule is C[C@H](Nc1nccc(N2C[C@H](NC(=O)OC(C)(C)C)CC2=O)n1)c1cnc(-c2ccc(Cl)cc2)s1. The number of hydrogen-bond donors (Lipinski definition) is 2. The van der Waals surface area contributed by atoms with Crippen molar-refractivity contribution < 1.29 is 14.3 Å². The van der Waals surface area contributed by atoms with E-state index >= 15 is 0 Å². The van der Waals surface area contributed by atoms with Crippen molar-refractivity contribution in [3.8, 4) is 10.6 Å². The zero-order valence-corrected chi connectivity index (χ0v) is 21.5. The van der Waals surface area contributed by atoms with Crippen molar-refractivity contribution in [3.05, 3.63) is 52.6 Å². The molecule has 9 nitrogen and oxygen atoms in total. The fourth-order valence-corrected chi connectivity index (χ4v) is 4.60. The number of halogens is 1. The normalized spacial score (nSPS) is 16.8. The zero-order valence-electron chi connectivity index (χ0n) is 19.9. The largest absolute Gasteiger partial charge is 0.444 e. The van der Waals surface area contributed by atoms with Gasteiger partial charge in [0.25, 0.3) is 0 Å². The lowest BCUT2D eigenvalue weighted by Crippen LogP contribution is -2.40. The summed E-state index contributed by atoms with van der Waals surface area (Å²) in [5.41, 5.74) is 0.391. The Balaban J connectivity index is 1.40. The predicted octanol–water partition coefficient (Wildman–Crippen LogP) is 5.06. The van der Waals surface area contributed by atoms with E-state index < -0.39 is 11.7 Å². The van der Waals surface area contributed by atoms with Crippen molar-refractivity contribution in [2.45, 2.75) is 51.8 Å². The summed E-state index contributed by atoms with van der Waals surface area (Å²) >= 11 is 7.55. The van der Waals surface area contributed by atoms with E-state index in [1.807, 2.05) is 37.4 Å². The molecule has 1 aliphatic rings. The van der Waals surface area contributed by atoms with Gasteiger partial charge in [0.15, 0.2) is 0 Å². The number of nitrogens with one attached hydrogen (secondary N) is 2. The highest BCUT2D eigenvalue weighted by atomic mass is 35.5. The highest BCUT2D eigenvalue weighted by molar-refractivity contribution is 7.15. The minimum absolute atomic E-state index is 0.0975. The third kappa shape index (κ3) is 6.46. The summed E-state index contributed by atoms with van der Waals surface area (Å²) in [7, 11) is 0. The summed E-state index contributed by atoms with van der Waals surface area (Å²) in [6, 6.07) is 8.78. The summed E-state index contributed by atoms with van der Waals surface area (Å²) in [5.74, 6) is 0.742. The van der Waals surface area contributed by atoms with E-state index in [4.69, 9.17) is 16.3 Å². The fourth-order valence-electron chi connectivity index (χ4n) is 3.55. The predicted molar refractivity (Wildman–Crippen MR) is 137 cm³/mol. The van der Waals surface area contributed by atoms with Crippen LogP contribution in [0.15, 0.2) is 42.7 Å². The summed E-state index contributed by atoms with van der Waals surface area (Å²) in [6.45, 7) is 7.68.